The van der Waals surface area contributed by atoms with Crippen molar-refractivity contribution in [2.75, 3.05) is 7.11 Å². The van der Waals surface area contributed by atoms with Crippen LogP contribution in [0.25, 0.3) is 0 Å². The van der Waals surface area contributed by atoms with E-state index in [0.29, 0.717) is 10.9 Å². The van der Waals surface area contributed by atoms with Crippen molar-refractivity contribution in [1.29, 1.82) is 0 Å². The van der Waals surface area contributed by atoms with E-state index in [1.165, 1.54) is 0 Å². The van der Waals surface area contributed by atoms with Gasteiger partial charge in [0.05, 0.1) is 29.1 Å². The highest BCUT2D eigenvalue weighted by molar-refractivity contribution is 6.31. The Labute approximate surface area is 108 Å². The smallest absolute Gasteiger partial charge is 0.0835 e. The van der Waals surface area contributed by atoms with Crippen LogP contribution in [0.5, 0.6) is 0 Å². The number of hydrogen-bond donors (Lipinski definition) is 1. The lowest BCUT2D eigenvalue weighted by atomic mass is 9.97. The van der Waals surface area contributed by atoms with Crippen LogP contribution in [-0.2, 0) is 11.3 Å². The van der Waals surface area contributed by atoms with Crippen molar-refractivity contribution in [3.63, 3.8) is 0 Å². The van der Waals surface area contributed by atoms with Crippen LogP contribution in [0, 0.1) is 5.92 Å². The summed E-state index contributed by atoms with van der Waals surface area (Å²) >= 11 is 6.16. The molecule has 2 unspecified atom stereocenters. The van der Waals surface area contributed by atoms with Gasteiger partial charge in [-0.15, -0.1) is 0 Å². The number of aryl methyl sites for hydroxylation is 1. The number of nitrogens with two attached hydrogens (primary N) is 1. The second-order valence-corrected chi connectivity index (χ2v) is 4.98. The molecule has 0 aliphatic heterocycles. The van der Waals surface area contributed by atoms with Crippen LogP contribution in [0.3, 0.4) is 0 Å². The lowest BCUT2D eigenvalue weighted by Gasteiger charge is -2.26. The maximum absolute atomic E-state index is 6.26. The van der Waals surface area contributed by atoms with Crippen LogP contribution >= 0.6 is 11.6 Å². The van der Waals surface area contributed by atoms with Gasteiger partial charge in [-0.1, -0.05) is 32.4 Å². The molecule has 4 nitrogen and oxygen atoms in total. The summed E-state index contributed by atoms with van der Waals surface area (Å²) in [5.41, 5.74) is 7.13. The Morgan fingerprint density at radius 3 is 2.65 bits per heavy atom. The molecular formula is C12H22ClN3O. The predicted octanol–water partition coefficient (Wildman–Crippen LogP) is 2.62. The van der Waals surface area contributed by atoms with E-state index < -0.39 is 0 Å². The largest absolute Gasteiger partial charge is 0.379 e. The zero-order valence-corrected chi connectivity index (χ0v) is 11.7. The van der Waals surface area contributed by atoms with Gasteiger partial charge >= 0.3 is 0 Å². The first-order valence-corrected chi connectivity index (χ1v) is 6.40. The van der Waals surface area contributed by atoms with Gasteiger partial charge in [0, 0.05) is 13.7 Å². The summed E-state index contributed by atoms with van der Waals surface area (Å²) in [5.74, 6) is 0.330. The molecule has 1 aromatic rings. The lowest BCUT2D eigenvalue weighted by molar-refractivity contribution is 0.0414. The predicted molar refractivity (Wildman–Crippen MR) is 70.1 cm³/mol. The van der Waals surface area contributed by atoms with Gasteiger partial charge in [0.15, 0.2) is 0 Å². The number of methoxy groups -OCH3 is 1. The summed E-state index contributed by atoms with van der Waals surface area (Å²) in [4.78, 5) is 0. The van der Waals surface area contributed by atoms with Gasteiger partial charge in [0.2, 0.25) is 0 Å². The zero-order chi connectivity index (χ0) is 13.0. The fraction of sp³-hybridized carbons (Fsp3) is 0.750. The monoisotopic (exact) mass is 259 g/mol. The fourth-order valence-electron chi connectivity index (χ4n) is 2.08. The Morgan fingerprint density at radius 1 is 1.53 bits per heavy atom. The summed E-state index contributed by atoms with van der Waals surface area (Å²) in [6.07, 6.45) is 2.59. The number of hydrogen-bond acceptors (Lipinski definition) is 3. The van der Waals surface area contributed by atoms with Crippen molar-refractivity contribution in [2.24, 2.45) is 11.7 Å². The molecule has 0 bridgehead atoms. The number of aromatic nitrogens is 2. The average molecular weight is 260 g/mol. The molecule has 2 N–H and O–H groups in total. The standard InChI is InChI=1S/C12H22ClN3O/c1-5-6-16-11(9(13)7-15-16)10(14)12(17-4)8(2)3/h7-8,10,12H,5-6,14H2,1-4H3. The van der Waals surface area contributed by atoms with Gasteiger partial charge in [-0.05, 0) is 12.3 Å². The number of ether oxygens (including phenoxy) is 1. The summed E-state index contributed by atoms with van der Waals surface area (Å²) < 4.78 is 7.34. The van der Waals surface area contributed by atoms with Crippen molar-refractivity contribution in [3.05, 3.63) is 16.9 Å². The number of nitrogens with zero attached hydrogens (tertiary/aromatic N) is 2. The Balaban J connectivity index is 3.00. The second kappa shape index (κ2) is 6.38. The van der Waals surface area contributed by atoms with Crippen LogP contribution in [0.15, 0.2) is 6.20 Å². The van der Waals surface area contributed by atoms with E-state index in [2.05, 4.69) is 25.9 Å². The van der Waals surface area contributed by atoms with Gasteiger partial charge in [-0.2, -0.15) is 5.10 Å². The molecule has 0 spiro atoms. The Kier molecular flexibility index (Phi) is 5.43. The third kappa shape index (κ3) is 3.21. The summed E-state index contributed by atoms with van der Waals surface area (Å²) in [6.45, 7) is 7.09. The van der Waals surface area contributed by atoms with Crippen molar-refractivity contribution in [3.8, 4) is 0 Å². The van der Waals surface area contributed by atoms with E-state index in [9.17, 15) is 0 Å². The maximum atomic E-state index is 6.26. The van der Waals surface area contributed by atoms with E-state index in [1.807, 2.05) is 4.68 Å². The normalized spacial score (nSPS) is 15.2. The Hall–Kier alpha value is -0.580. The highest BCUT2D eigenvalue weighted by Gasteiger charge is 2.27. The van der Waals surface area contributed by atoms with E-state index in [-0.39, 0.29) is 12.1 Å². The Morgan fingerprint density at radius 2 is 2.18 bits per heavy atom. The van der Waals surface area contributed by atoms with Crippen molar-refractivity contribution < 1.29 is 4.74 Å². The zero-order valence-electron chi connectivity index (χ0n) is 11.0. The van der Waals surface area contributed by atoms with Gasteiger partial charge in [0.25, 0.3) is 0 Å². The molecule has 5 heteroatoms. The minimum atomic E-state index is -0.249. The first-order valence-electron chi connectivity index (χ1n) is 6.02. The van der Waals surface area contributed by atoms with Crippen molar-refractivity contribution in [1.82, 2.24) is 9.78 Å². The SMILES string of the molecule is CCCn1ncc(Cl)c1C(N)C(OC)C(C)C. The van der Waals surface area contributed by atoms with Gasteiger partial charge in [-0.3, -0.25) is 4.68 Å². The number of halogens is 1. The molecule has 0 amide bonds. The second-order valence-electron chi connectivity index (χ2n) is 4.57. The quantitative estimate of drug-likeness (QED) is 0.854. The fourth-order valence-corrected chi connectivity index (χ4v) is 2.35. The third-order valence-electron chi connectivity index (χ3n) is 2.87. The maximum Gasteiger partial charge on any atom is 0.0835 e. The minimum Gasteiger partial charge on any atom is -0.379 e. The molecule has 0 aliphatic rings. The molecule has 98 valence electrons. The lowest BCUT2D eigenvalue weighted by Crippen LogP contribution is -2.34. The van der Waals surface area contributed by atoms with Crippen LogP contribution in [-0.4, -0.2) is 23.0 Å². The van der Waals surface area contributed by atoms with Crippen LogP contribution in [0.2, 0.25) is 5.02 Å². The van der Waals surface area contributed by atoms with Crippen LogP contribution in [0.4, 0.5) is 0 Å². The molecule has 2 atom stereocenters. The molecule has 0 saturated carbocycles. The van der Waals surface area contributed by atoms with Gasteiger partial charge < -0.3 is 10.5 Å². The molecule has 1 aromatic heterocycles. The molecule has 0 aromatic carbocycles. The molecule has 0 fully saturated rings. The molecule has 0 radical (unpaired) electrons. The minimum absolute atomic E-state index is 0.0557. The molecule has 0 saturated heterocycles. The van der Waals surface area contributed by atoms with Crippen LogP contribution in [0.1, 0.15) is 38.9 Å². The van der Waals surface area contributed by atoms with E-state index in [4.69, 9.17) is 22.1 Å². The van der Waals surface area contributed by atoms with Crippen molar-refractivity contribution in [2.45, 2.75) is 45.9 Å². The van der Waals surface area contributed by atoms with Crippen LogP contribution < -0.4 is 5.73 Å². The van der Waals surface area contributed by atoms with E-state index in [1.54, 1.807) is 13.3 Å². The molecule has 0 aliphatic carbocycles. The molecule has 1 rings (SSSR count). The molecule has 17 heavy (non-hydrogen) atoms. The van der Waals surface area contributed by atoms with Crippen molar-refractivity contribution >= 4 is 11.6 Å². The van der Waals surface area contributed by atoms with Gasteiger partial charge in [0.1, 0.15) is 0 Å². The number of rotatable bonds is 6. The van der Waals surface area contributed by atoms with E-state index >= 15 is 0 Å². The first kappa shape index (κ1) is 14.5. The van der Waals surface area contributed by atoms with E-state index in [0.717, 1.165) is 18.7 Å². The molecule has 1 heterocycles. The average Bonchev–Trinajstić information content (AvgIpc) is 2.60. The summed E-state index contributed by atoms with van der Waals surface area (Å²) in [7, 11) is 1.68. The highest BCUT2D eigenvalue weighted by atomic mass is 35.5. The first-order chi connectivity index (χ1) is 8.02. The topological polar surface area (TPSA) is 53.1 Å². The third-order valence-corrected chi connectivity index (χ3v) is 3.16. The highest BCUT2D eigenvalue weighted by Crippen LogP contribution is 2.27. The Bertz CT molecular complexity index is 352. The molecular weight excluding hydrogens is 238 g/mol. The van der Waals surface area contributed by atoms with Gasteiger partial charge in [-0.25, -0.2) is 0 Å². The summed E-state index contributed by atoms with van der Waals surface area (Å²) in [6, 6.07) is -0.249. The summed E-state index contributed by atoms with van der Waals surface area (Å²) in [5, 5.41) is 4.87.